The summed E-state index contributed by atoms with van der Waals surface area (Å²) < 4.78 is 0. The minimum atomic E-state index is -0.750. The smallest absolute Gasteiger partial charge is 0.430 e. The zero-order valence-electron chi connectivity index (χ0n) is 8.93. The fourth-order valence-corrected chi connectivity index (χ4v) is 2.55. The van der Waals surface area contributed by atoms with Crippen molar-refractivity contribution < 1.29 is 10.0 Å². The van der Waals surface area contributed by atoms with E-state index in [1.807, 2.05) is 0 Å². The predicted octanol–water partition coefficient (Wildman–Crippen LogP) is 2.33. The molecule has 0 aliphatic rings. The predicted molar refractivity (Wildman–Crippen MR) is 72.8 cm³/mol. The van der Waals surface area contributed by atoms with E-state index in [1.165, 1.54) is 22.3 Å². The van der Waals surface area contributed by atoms with Crippen LogP contribution in [-0.4, -0.2) is 17.7 Å². The monoisotopic (exact) mass is 336 g/mol. The lowest BCUT2D eigenvalue weighted by Crippen LogP contribution is -1.94. The van der Waals surface area contributed by atoms with E-state index in [0.717, 1.165) is 10.7 Å². The summed E-state index contributed by atoms with van der Waals surface area (Å²) in [5.74, 6) is 0. The van der Waals surface area contributed by atoms with Crippen LogP contribution in [0.25, 0.3) is 0 Å². The average Bonchev–Trinajstić information content (AvgIpc) is 2.23. The highest BCUT2D eigenvalue weighted by molar-refractivity contribution is 9.09. The third-order valence-corrected chi connectivity index (χ3v) is 3.41. The highest BCUT2D eigenvalue weighted by Gasteiger charge is 2.04. The zero-order valence-corrected chi connectivity index (χ0v) is 12.1. The van der Waals surface area contributed by atoms with Gasteiger partial charge in [-0.3, -0.25) is 0 Å². The van der Waals surface area contributed by atoms with E-state index in [9.17, 15) is 0 Å². The second kappa shape index (κ2) is 8.33. The molecule has 0 saturated heterocycles. The number of rotatable bonds is 2. The van der Waals surface area contributed by atoms with Gasteiger partial charge in [0.15, 0.2) is 0 Å². The average molecular weight is 338 g/mol. The van der Waals surface area contributed by atoms with E-state index in [2.05, 4.69) is 57.8 Å². The van der Waals surface area contributed by atoms with Crippen molar-refractivity contribution in [3.63, 3.8) is 0 Å². The van der Waals surface area contributed by atoms with Gasteiger partial charge in [-0.1, -0.05) is 44.0 Å². The third-order valence-electron chi connectivity index (χ3n) is 2.24. The molecule has 0 amide bonds. The molecule has 0 fully saturated rings. The van der Waals surface area contributed by atoms with Crippen molar-refractivity contribution in [3.05, 3.63) is 34.4 Å². The summed E-state index contributed by atoms with van der Waals surface area (Å²) in [6.45, 7) is 4.33. The van der Waals surface area contributed by atoms with Crippen LogP contribution in [0.4, 0.5) is 0 Å². The summed E-state index contributed by atoms with van der Waals surface area (Å²) in [5, 5.41) is 16.1. The largest absolute Gasteiger partial charge is 0.432 e. The van der Waals surface area contributed by atoms with Gasteiger partial charge in [0.1, 0.15) is 0 Å². The van der Waals surface area contributed by atoms with Gasteiger partial charge in [-0.15, -0.1) is 0 Å². The van der Waals surface area contributed by atoms with E-state index in [1.54, 1.807) is 0 Å². The molecule has 2 N–H and O–H groups in total. The van der Waals surface area contributed by atoms with E-state index < -0.39 is 7.69 Å². The van der Waals surface area contributed by atoms with Gasteiger partial charge in [0, 0.05) is 10.7 Å². The molecule has 2 nitrogen and oxygen atoms in total. The van der Waals surface area contributed by atoms with Gasteiger partial charge in [-0.05, 0) is 36.1 Å². The second-order valence-corrected chi connectivity index (χ2v) is 4.18. The first kappa shape index (κ1) is 15.2. The number of hydrogen-bond donors (Lipinski definition) is 2. The van der Waals surface area contributed by atoms with E-state index in [-0.39, 0.29) is 0 Å². The summed E-state index contributed by atoms with van der Waals surface area (Å²) in [6.07, 6.45) is 0. The summed E-state index contributed by atoms with van der Waals surface area (Å²) in [6, 6.07) is 4.37. The third kappa shape index (κ3) is 4.68. The van der Waals surface area contributed by atoms with Crippen molar-refractivity contribution in [2.75, 3.05) is 0 Å². The molecule has 5 heteroatoms. The van der Waals surface area contributed by atoms with Crippen LogP contribution in [0.15, 0.2) is 12.1 Å². The SMILES string of the molecule is Cc1ccc(CBr)c(CBr)c1C.OBO. The molecular weight excluding hydrogens is 323 g/mol. The highest BCUT2D eigenvalue weighted by atomic mass is 79.9. The molecular formula is C10H15BBr2O2. The lowest BCUT2D eigenvalue weighted by molar-refractivity contribution is 0.448. The van der Waals surface area contributed by atoms with Crippen molar-refractivity contribution >= 4 is 39.5 Å². The molecule has 84 valence electrons. The zero-order chi connectivity index (χ0) is 11.8. The lowest BCUT2D eigenvalue weighted by Gasteiger charge is -2.10. The molecule has 0 atom stereocenters. The summed E-state index contributed by atoms with van der Waals surface area (Å²) in [5.41, 5.74) is 5.58. The second-order valence-electron chi connectivity index (χ2n) is 3.05. The molecule has 1 aromatic carbocycles. The molecule has 0 aliphatic heterocycles. The maximum atomic E-state index is 7.12. The minimum Gasteiger partial charge on any atom is -0.430 e. The number of benzene rings is 1. The van der Waals surface area contributed by atoms with Crippen molar-refractivity contribution in [1.82, 2.24) is 0 Å². The van der Waals surface area contributed by atoms with Crippen LogP contribution in [0, 0.1) is 13.8 Å². The van der Waals surface area contributed by atoms with Crippen molar-refractivity contribution in [3.8, 4) is 0 Å². The first-order valence-electron chi connectivity index (χ1n) is 4.53. The summed E-state index contributed by atoms with van der Waals surface area (Å²) >= 11 is 7.00. The topological polar surface area (TPSA) is 40.5 Å². The quantitative estimate of drug-likeness (QED) is 0.642. The Morgan fingerprint density at radius 1 is 1.13 bits per heavy atom. The molecule has 15 heavy (non-hydrogen) atoms. The maximum absolute atomic E-state index is 7.12. The van der Waals surface area contributed by atoms with Crippen molar-refractivity contribution in [1.29, 1.82) is 0 Å². The van der Waals surface area contributed by atoms with Gasteiger partial charge in [0.05, 0.1) is 0 Å². The normalized spacial score (nSPS) is 9.20. The molecule has 1 rings (SSSR count). The van der Waals surface area contributed by atoms with Gasteiger partial charge < -0.3 is 10.0 Å². The molecule has 0 saturated carbocycles. The minimum absolute atomic E-state index is 0.750. The van der Waals surface area contributed by atoms with Crippen LogP contribution in [0.1, 0.15) is 22.3 Å². The fourth-order valence-electron chi connectivity index (χ4n) is 1.24. The molecule has 0 spiro atoms. The lowest BCUT2D eigenvalue weighted by atomic mass is 10.00. The molecule has 1 aromatic rings. The Morgan fingerprint density at radius 2 is 1.67 bits per heavy atom. The van der Waals surface area contributed by atoms with Crippen LogP contribution in [0.2, 0.25) is 0 Å². The highest BCUT2D eigenvalue weighted by Crippen LogP contribution is 2.22. The van der Waals surface area contributed by atoms with Crippen LogP contribution in [-0.2, 0) is 10.7 Å². The van der Waals surface area contributed by atoms with Crippen molar-refractivity contribution in [2.24, 2.45) is 0 Å². The van der Waals surface area contributed by atoms with Gasteiger partial charge >= 0.3 is 7.69 Å². The molecule has 0 aliphatic carbocycles. The summed E-state index contributed by atoms with van der Waals surface area (Å²) in [7, 11) is -0.750. The number of alkyl halides is 2. The molecule has 0 radical (unpaired) electrons. The summed E-state index contributed by atoms with van der Waals surface area (Å²) in [4.78, 5) is 0. The van der Waals surface area contributed by atoms with Gasteiger partial charge in [-0.2, -0.15) is 0 Å². The van der Waals surface area contributed by atoms with E-state index in [0.29, 0.717) is 0 Å². The fraction of sp³-hybridized carbons (Fsp3) is 0.400. The van der Waals surface area contributed by atoms with Gasteiger partial charge in [0.25, 0.3) is 0 Å². The molecule has 0 aromatic heterocycles. The standard InChI is InChI=1S/C10H12Br2.BH3O2/c1-7-3-4-9(5-11)10(6-12)8(7)2;2-1-3/h3-4H,5-6H2,1-2H3;1-3H. The van der Waals surface area contributed by atoms with Gasteiger partial charge in [-0.25, -0.2) is 0 Å². The Hall–Kier alpha value is 0.165. The first-order valence-corrected chi connectivity index (χ1v) is 6.78. The number of aryl methyl sites for hydroxylation is 1. The van der Waals surface area contributed by atoms with Gasteiger partial charge in [0.2, 0.25) is 0 Å². The Kier molecular flexibility index (Phi) is 8.42. The van der Waals surface area contributed by atoms with E-state index in [4.69, 9.17) is 10.0 Å². The van der Waals surface area contributed by atoms with Crippen LogP contribution in [0.3, 0.4) is 0 Å². The number of halogens is 2. The Labute approximate surface area is 108 Å². The van der Waals surface area contributed by atoms with E-state index >= 15 is 0 Å². The van der Waals surface area contributed by atoms with Crippen LogP contribution >= 0.6 is 31.9 Å². The first-order chi connectivity index (χ1) is 7.12. The molecule has 0 heterocycles. The molecule has 0 unspecified atom stereocenters. The Bertz CT molecular complexity index is 306. The maximum Gasteiger partial charge on any atom is 0.432 e. The Morgan fingerprint density at radius 3 is 2.07 bits per heavy atom. The molecule has 0 bridgehead atoms. The Balaban J connectivity index is 0.000000583. The van der Waals surface area contributed by atoms with Crippen molar-refractivity contribution in [2.45, 2.75) is 24.5 Å². The van der Waals surface area contributed by atoms with Crippen LogP contribution < -0.4 is 0 Å². The number of hydrogen-bond acceptors (Lipinski definition) is 2. The van der Waals surface area contributed by atoms with Crippen LogP contribution in [0.5, 0.6) is 0 Å².